The van der Waals surface area contributed by atoms with Gasteiger partial charge in [0, 0.05) is 16.8 Å². The molecule has 104 valence electrons. The molecular formula is C13H8Cl2FNO3. The van der Waals surface area contributed by atoms with Crippen LogP contribution in [0.2, 0.25) is 10.0 Å². The van der Waals surface area contributed by atoms with E-state index in [9.17, 15) is 9.18 Å². The number of pyridine rings is 1. The number of ether oxygens (including phenoxy) is 1. The smallest absolute Gasteiger partial charge is 0.339 e. The summed E-state index contributed by atoms with van der Waals surface area (Å²) in [7, 11) is 0. The van der Waals surface area contributed by atoms with Crippen molar-refractivity contribution in [3.8, 4) is 5.75 Å². The molecule has 0 radical (unpaired) electrons. The molecule has 0 bridgehead atoms. The topological polar surface area (TPSA) is 59.4 Å². The molecule has 0 saturated heterocycles. The number of nitrogens with zero attached hydrogens (tertiary/aromatic N) is 1. The lowest BCUT2D eigenvalue weighted by molar-refractivity contribution is 0.0691. The predicted octanol–water partition coefficient (Wildman–Crippen LogP) is 3.80. The van der Waals surface area contributed by atoms with Crippen LogP contribution in [0.25, 0.3) is 0 Å². The molecule has 0 aliphatic rings. The van der Waals surface area contributed by atoms with Crippen molar-refractivity contribution in [1.29, 1.82) is 0 Å². The summed E-state index contributed by atoms with van der Waals surface area (Å²) in [6.45, 7) is -0.0631. The van der Waals surface area contributed by atoms with Gasteiger partial charge in [0.1, 0.15) is 18.0 Å². The number of aromatic carboxylic acids is 1. The summed E-state index contributed by atoms with van der Waals surface area (Å²) in [5, 5.41) is 9.34. The molecular weight excluding hydrogens is 308 g/mol. The number of benzene rings is 1. The number of rotatable bonds is 4. The summed E-state index contributed by atoms with van der Waals surface area (Å²) in [5.41, 5.74) is 0.291. The molecule has 7 heteroatoms. The Morgan fingerprint density at radius 1 is 1.30 bits per heavy atom. The van der Waals surface area contributed by atoms with Crippen molar-refractivity contribution >= 4 is 29.2 Å². The normalized spacial score (nSPS) is 10.3. The van der Waals surface area contributed by atoms with Gasteiger partial charge in [0.25, 0.3) is 0 Å². The maximum Gasteiger partial charge on any atom is 0.339 e. The molecule has 1 aromatic carbocycles. The molecule has 0 amide bonds. The molecule has 0 aliphatic carbocycles. The fourth-order valence-electron chi connectivity index (χ4n) is 1.56. The second-order valence-electron chi connectivity index (χ2n) is 3.87. The van der Waals surface area contributed by atoms with Gasteiger partial charge in [-0.15, -0.1) is 0 Å². The van der Waals surface area contributed by atoms with E-state index in [1.54, 1.807) is 0 Å². The van der Waals surface area contributed by atoms with Gasteiger partial charge in [-0.1, -0.05) is 23.2 Å². The van der Waals surface area contributed by atoms with Crippen molar-refractivity contribution in [2.24, 2.45) is 0 Å². The zero-order valence-electron chi connectivity index (χ0n) is 9.94. The van der Waals surface area contributed by atoms with Crippen molar-refractivity contribution in [3.05, 3.63) is 57.6 Å². The standard InChI is InChI=1S/C13H8Cl2FNO3/c14-8-2-10(13(18)19)12(11(15)3-8)20-6-7-1-9(16)5-17-4-7/h1-5H,6H2,(H,18,19). The Kier molecular flexibility index (Phi) is 4.42. The third-order valence-corrected chi connectivity index (χ3v) is 2.88. The Morgan fingerprint density at radius 3 is 2.70 bits per heavy atom. The second-order valence-corrected chi connectivity index (χ2v) is 4.71. The van der Waals surface area contributed by atoms with Gasteiger partial charge >= 0.3 is 5.97 Å². The van der Waals surface area contributed by atoms with Gasteiger partial charge in [0.15, 0.2) is 5.75 Å². The van der Waals surface area contributed by atoms with Crippen LogP contribution < -0.4 is 4.74 Å². The highest BCUT2D eigenvalue weighted by Crippen LogP contribution is 2.33. The van der Waals surface area contributed by atoms with Gasteiger partial charge in [-0.25, -0.2) is 9.18 Å². The van der Waals surface area contributed by atoms with Crippen LogP contribution in [0, 0.1) is 5.82 Å². The molecule has 0 fully saturated rings. The highest BCUT2D eigenvalue weighted by Gasteiger charge is 2.16. The summed E-state index contributed by atoms with van der Waals surface area (Å²) < 4.78 is 18.3. The minimum Gasteiger partial charge on any atom is -0.486 e. The summed E-state index contributed by atoms with van der Waals surface area (Å²) in [6.07, 6.45) is 2.47. The van der Waals surface area contributed by atoms with Gasteiger partial charge in [0.2, 0.25) is 0 Å². The Hall–Kier alpha value is -1.85. The number of carbonyl (C=O) groups is 1. The van der Waals surface area contributed by atoms with Crippen LogP contribution >= 0.6 is 23.2 Å². The average Bonchev–Trinajstić information content (AvgIpc) is 2.36. The first-order valence-corrected chi connectivity index (χ1v) is 6.17. The Morgan fingerprint density at radius 2 is 2.05 bits per heavy atom. The first-order chi connectivity index (χ1) is 9.47. The summed E-state index contributed by atoms with van der Waals surface area (Å²) in [4.78, 5) is 14.8. The van der Waals surface area contributed by atoms with E-state index in [1.807, 2.05) is 0 Å². The quantitative estimate of drug-likeness (QED) is 0.932. The van der Waals surface area contributed by atoms with Crippen molar-refractivity contribution in [1.82, 2.24) is 4.98 Å². The number of hydrogen-bond donors (Lipinski definition) is 1. The summed E-state index contributed by atoms with van der Waals surface area (Å²) in [5.74, 6) is -1.75. The zero-order chi connectivity index (χ0) is 14.7. The van der Waals surface area contributed by atoms with Gasteiger partial charge < -0.3 is 9.84 Å². The molecule has 4 nitrogen and oxygen atoms in total. The van der Waals surface area contributed by atoms with E-state index in [0.29, 0.717) is 5.56 Å². The Bertz CT molecular complexity index is 664. The minimum atomic E-state index is -1.22. The van der Waals surface area contributed by atoms with E-state index in [4.69, 9.17) is 33.0 Å². The maximum atomic E-state index is 13.0. The largest absolute Gasteiger partial charge is 0.486 e. The number of carboxylic acid groups (broad SMARTS) is 1. The fourth-order valence-corrected chi connectivity index (χ4v) is 2.10. The van der Waals surface area contributed by atoms with E-state index in [1.165, 1.54) is 24.4 Å². The summed E-state index contributed by atoms with van der Waals surface area (Å²) in [6, 6.07) is 3.83. The minimum absolute atomic E-state index is 0.0205. The van der Waals surface area contributed by atoms with Crippen molar-refractivity contribution in [2.45, 2.75) is 6.61 Å². The second kappa shape index (κ2) is 6.07. The first-order valence-electron chi connectivity index (χ1n) is 5.42. The lowest BCUT2D eigenvalue weighted by Crippen LogP contribution is -2.04. The van der Waals surface area contributed by atoms with Crippen molar-refractivity contribution < 1.29 is 19.0 Å². The van der Waals surface area contributed by atoms with Crippen LogP contribution in [0.5, 0.6) is 5.75 Å². The third-order valence-electron chi connectivity index (χ3n) is 2.38. The maximum absolute atomic E-state index is 13.0. The molecule has 0 unspecified atom stereocenters. The molecule has 2 aromatic rings. The van der Waals surface area contributed by atoms with Crippen LogP contribution in [0.3, 0.4) is 0 Å². The number of halogens is 3. The highest BCUT2D eigenvalue weighted by molar-refractivity contribution is 6.36. The van der Waals surface area contributed by atoms with Crippen LogP contribution in [-0.2, 0) is 6.61 Å². The zero-order valence-corrected chi connectivity index (χ0v) is 11.5. The molecule has 0 spiro atoms. The van der Waals surface area contributed by atoms with Crippen LogP contribution in [0.15, 0.2) is 30.6 Å². The Balaban J connectivity index is 2.27. The fraction of sp³-hybridized carbons (Fsp3) is 0.0769. The van der Waals surface area contributed by atoms with Crippen molar-refractivity contribution in [3.63, 3.8) is 0 Å². The SMILES string of the molecule is O=C(O)c1cc(Cl)cc(Cl)c1OCc1cncc(F)c1. The van der Waals surface area contributed by atoms with Gasteiger partial charge in [0.05, 0.1) is 11.2 Å². The molecule has 0 atom stereocenters. The third kappa shape index (κ3) is 3.37. The van der Waals surface area contributed by atoms with E-state index < -0.39 is 11.8 Å². The lowest BCUT2D eigenvalue weighted by atomic mass is 10.2. The number of carboxylic acids is 1. The molecule has 0 aliphatic heterocycles. The van der Waals surface area contributed by atoms with Crippen LogP contribution in [0.1, 0.15) is 15.9 Å². The van der Waals surface area contributed by atoms with Crippen molar-refractivity contribution in [2.75, 3.05) is 0 Å². The molecule has 2 rings (SSSR count). The summed E-state index contributed by atoms with van der Waals surface area (Å²) >= 11 is 11.7. The van der Waals surface area contributed by atoms with Gasteiger partial charge in [-0.3, -0.25) is 4.98 Å². The number of aromatic nitrogens is 1. The first kappa shape index (κ1) is 14.6. The lowest BCUT2D eigenvalue weighted by Gasteiger charge is -2.11. The van der Waals surface area contributed by atoms with Crippen LogP contribution in [0.4, 0.5) is 4.39 Å². The molecule has 1 N–H and O–H groups in total. The number of hydrogen-bond acceptors (Lipinski definition) is 3. The Labute approximate surface area is 123 Å². The highest BCUT2D eigenvalue weighted by atomic mass is 35.5. The van der Waals surface area contributed by atoms with E-state index >= 15 is 0 Å². The monoisotopic (exact) mass is 315 g/mol. The average molecular weight is 316 g/mol. The van der Waals surface area contributed by atoms with Crippen LogP contribution in [-0.4, -0.2) is 16.1 Å². The molecule has 1 aromatic heterocycles. The van der Waals surface area contributed by atoms with E-state index in [0.717, 1.165) is 6.20 Å². The van der Waals surface area contributed by atoms with Gasteiger partial charge in [-0.05, 0) is 18.2 Å². The van der Waals surface area contributed by atoms with E-state index in [2.05, 4.69) is 4.98 Å². The van der Waals surface area contributed by atoms with E-state index in [-0.39, 0.29) is 28.0 Å². The molecule has 20 heavy (non-hydrogen) atoms. The predicted molar refractivity (Wildman–Crippen MR) is 71.9 cm³/mol. The molecule has 1 heterocycles. The molecule has 0 saturated carbocycles. The van der Waals surface area contributed by atoms with Gasteiger partial charge in [-0.2, -0.15) is 0 Å².